The number of likely N-dealkylation sites (tertiary alicyclic amines) is 1. The van der Waals surface area contributed by atoms with E-state index in [1.807, 2.05) is 0 Å². The summed E-state index contributed by atoms with van der Waals surface area (Å²) in [4.78, 5) is 14.9. The lowest BCUT2D eigenvalue weighted by atomic mass is 9.75. The van der Waals surface area contributed by atoms with Crippen molar-refractivity contribution in [2.45, 2.75) is 44.6 Å². The van der Waals surface area contributed by atoms with Crippen LogP contribution in [0.3, 0.4) is 0 Å². The molecule has 0 N–H and O–H groups in total. The molecule has 2 aliphatic rings. The average molecular weight is 243 g/mol. The van der Waals surface area contributed by atoms with Crippen LogP contribution < -0.4 is 0 Å². The molecule has 3 rings (SSSR count). The molecule has 1 aromatic rings. The Morgan fingerprint density at radius 1 is 1.06 bits per heavy atom. The molecule has 1 saturated heterocycles. The lowest BCUT2D eigenvalue weighted by Gasteiger charge is -2.45. The van der Waals surface area contributed by atoms with Gasteiger partial charge in [0.2, 0.25) is 0 Å². The fourth-order valence-corrected chi connectivity index (χ4v) is 3.54. The first-order valence-electron chi connectivity index (χ1n) is 7.09. The second kappa shape index (κ2) is 4.51. The lowest BCUT2D eigenvalue weighted by molar-refractivity contribution is -0.132. The van der Waals surface area contributed by atoms with Crippen molar-refractivity contribution in [2.24, 2.45) is 0 Å². The fourth-order valence-electron chi connectivity index (χ4n) is 3.54. The number of piperidine rings is 1. The normalized spacial score (nSPS) is 29.1. The molecule has 0 radical (unpaired) electrons. The Morgan fingerprint density at radius 2 is 1.78 bits per heavy atom. The van der Waals surface area contributed by atoms with E-state index in [9.17, 15) is 4.79 Å². The highest BCUT2D eigenvalue weighted by atomic mass is 16.1. The monoisotopic (exact) mass is 243 g/mol. The van der Waals surface area contributed by atoms with Gasteiger partial charge >= 0.3 is 0 Å². The molecule has 0 unspecified atom stereocenters. The van der Waals surface area contributed by atoms with Crippen molar-refractivity contribution < 1.29 is 4.79 Å². The molecule has 1 fully saturated rings. The second-order valence-corrected chi connectivity index (χ2v) is 5.70. The van der Waals surface area contributed by atoms with Crippen LogP contribution in [0.25, 0.3) is 0 Å². The topological polar surface area (TPSA) is 20.3 Å². The van der Waals surface area contributed by atoms with Crippen molar-refractivity contribution in [1.29, 1.82) is 0 Å². The van der Waals surface area contributed by atoms with Crippen molar-refractivity contribution in [3.05, 3.63) is 35.4 Å². The Labute approximate surface area is 109 Å². The van der Waals surface area contributed by atoms with Gasteiger partial charge in [-0.2, -0.15) is 0 Å². The molecule has 0 saturated carbocycles. The Hall–Kier alpha value is -1.15. The molecule has 2 nitrogen and oxygen atoms in total. The van der Waals surface area contributed by atoms with Gasteiger partial charge in [-0.1, -0.05) is 30.7 Å². The van der Waals surface area contributed by atoms with Crippen molar-refractivity contribution in [3.63, 3.8) is 0 Å². The van der Waals surface area contributed by atoms with Gasteiger partial charge in [0.15, 0.2) is 5.78 Å². The zero-order valence-corrected chi connectivity index (χ0v) is 11.1. The van der Waals surface area contributed by atoms with Crippen LogP contribution in [-0.2, 0) is 16.8 Å². The molecule has 1 aromatic carbocycles. The largest absolute Gasteiger partial charge is 0.297 e. The van der Waals surface area contributed by atoms with Crippen molar-refractivity contribution in [3.8, 4) is 0 Å². The smallest absolute Gasteiger partial charge is 0.157 e. The van der Waals surface area contributed by atoms with Crippen molar-refractivity contribution >= 4 is 5.78 Å². The first kappa shape index (κ1) is 11.9. The van der Waals surface area contributed by atoms with Gasteiger partial charge in [-0.3, -0.25) is 9.69 Å². The summed E-state index contributed by atoms with van der Waals surface area (Å²) in [6.07, 6.45) is 5.38. The van der Waals surface area contributed by atoms with E-state index in [1.54, 1.807) is 0 Å². The van der Waals surface area contributed by atoms with Gasteiger partial charge in [0.1, 0.15) is 5.54 Å². The second-order valence-electron chi connectivity index (χ2n) is 5.70. The zero-order valence-electron chi connectivity index (χ0n) is 11.1. The Balaban J connectivity index is 2.05. The number of hydrogen-bond donors (Lipinski definition) is 0. The van der Waals surface area contributed by atoms with Gasteiger partial charge in [0, 0.05) is 6.42 Å². The minimum Gasteiger partial charge on any atom is -0.297 e. The average Bonchev–Trinajstić information content (AvgIpc) is 2.44. The van der Waals surface area contributed by atoms with E-state index in [-0.39, 0.29) is 5.54 Å². The Bertz CT molecular complexity index is 462. The van der Waals surface area contributed by atoms with Gasteiger partial charge < -0.3 is 0 Å². The van der Waals surface area contributed by atoms with Crippen molar-refractivity contribution in [2.75, 3.05) is 13.1 Å². The summed E-state index contributed by atoms with van der Waals surface area (Å²) in [5.74, 6) is 0.406. The van der Waals surface area contributed by atoms with Gasteiger partial charge in [0.25, 0.3) is 0 Å². The highest BCUT2D eigenvalue weighted by molar-refractivity contribution is 5.91. The number of hydrogen-bond acceptors (Lipinski definition) is 2. The van der Waals surface area contributed by atoms with Crippen molar-refractivity contribution in [1.82, 2.24) is 4.90 Å². The molecule has 0 bridgehead atoms. The van der Waals surface area contributed by atoms with Gasteiger partial charge in [-0.25, -0.2) is 0 Å². The number of aryl methyl sites for hydroxylation is 1. The third kappa shape index (κ3) is 1.71. The SMILES string of the molecule is C[C@]1(N2CCCCC2)C(=O)CCc2ccccc21. The maximum absolute atomic E-state index is 12.5. The van der Waals surface area contributed by atoms with E-state index in [2.05, 4.69) is 36.1 Å². The van der Waals surface area contributed by atoms with E-state index in [4.69, 9.17) is 0 Å². The summed E-state index contributed by atoms with van der Waals surface area (Å²) in [6, 6.07) is 8.50. The minimum atomic E-state index is -0.366. The number of nitrogens with zero attached hydrogens (tertiary/aromatic N) is 1. The zero-order chi connectivity index (χ0) is 12.6. The van der Waals surface area contributed by atoms with Crippen LogP contribution in [0.4, 0.5) is 0 Å². The van der Waals surface area contributed by atoms with E-state index in [0.717, 1.165) is 19.5 Å². The van der Waals surface area contributed by atoms with Crippen LogP contribution in [0.5, 0.6) is 0 Å². The summed E-state index contributed by atoms with van der Waals surface area (Å²) in [5.41, 5.74) is 2.25. The molecule has 0 aromatic heterocycles. The standard InChI is InChI=1S/C16H21NO/c1-16(17-11-5-2-6-12-17)14-8-4-3-7-13(14)9-10-15(16)18/h3-4,7-8H,2,5-6,9-12H2,1H3/t16-/m1/s1. The number of benzene rings is 1. The third-order valence-electron chi connectivity index (χ3n) is 4.69. The molecule has 1 heterocycles. The Morgan fingerprint density at radius 3 is 2.56 bits per heavy atom. The number of carbonyl (C=O) groups excluding carboxylic acids is 1. The molecule has 1 aliphatic carbocycles. The van der Waals surface area contributed by atoms with E-state index >= 15 is 0 Å². The molecule has 96 valence electrons. The molecule has 2 heteroatoms. The highest BCUT2D eigenvalue weighted by Crippen LogP contribution is 2.38. The summed E-state index contributed by atoms with van der Waals surface area (Å²) in [7, 11) is 0. The molecule has 1 atom stereocenters. The molecular weight excluding hydrogens is 222 g/mol. The minimum absolute atomic E-state index is 0.366. The maximum Gasteiger partial charge on any atom is 0.157 e. The first-order valence-corrected chi connectivity index (χ1v) is 7.09. The van der Waals surface area contributed by atoms with Gasteiger partial charge in [-0.05, 0) is 50.4 Å². The van der Waals surface area contributed by atoms with E-state index < -0.39 is 0 Å². The van der Waals surface area contributed by atoms with Crippen LogP contribution in [0, 0.1) is 0 Å². The first-order chi connectivity index (χ1) is 8.73. The lowest BCUT2D eigenvalue weighted by Crippen LogP contribution is -2.53. The molecular formula is C16H21NO. The highest BCUT2D eigenvalue weighted by Gasteiger charge is 2.44. The molecule has 0 spiro atoms. The number of Topliss-reactive ketones (excluding diaryl/α,β-unsaturated/α-hetero) is 1. The predicted octanol–water partition coefficient (Wildman–Crippen LogP) is 2.90. The number of carbonyl (C=O) groups is 1. The van der Waals surface area contributed by atoms with Gasteiger partial charge in [0.05, 0.1) is 0 Å². The Kier molecular flexibility index (Phi) is 2.98. The number of ketones is 1. The fraction of sp³-hybridized carbons (Fsp3) is 0.562. The number of fused-ring (bicyclic) bond motifs is 1. The van der Waals surface area contributed by atoms with Crippen LogP contribution in [-0.4, -0.2) is 23.8 Å². The maximum atomic E-state index is 12.5. The summed E-state index contributed by atoms with van der Waals surface area (Å²) >= 11 is 0. The third-order valence-corrected chi connectivity index (χ3v) is 4.69. The van der Waals surface area contributed by atoms with Crippen LogP contribution in [0.2, 0.25) is 0 Å². The quantitative estimate of drug-likeness (QED) is 0.756. The molecule has 18 heavy (non-hydrogen) atoms. The molecule has 1 aliphatic heterocycles. The predicted molar refractivity (Wildman–Crippen MR) is 72.5 cm³/mol. The summed E-state index contributed by atoms with van der Waals surface area (Å²) < 4.78 is 0. The van der Waals surface area contributed by atoms with E-state index in [1.165, 1.54) is 30.4 Å². The van der Waals surface area contributed by atoms with Crippen LogP contribution in [0.15, 0.2) is 24.3 Å². The molecule has 0 amide bonds. The number of rotatable bonds is 1. The van der Waals surface area contributed by atoms with Crippen LogP contribution >= 0.6 is 0 Å². The summed E-state index contributed by atoms with van der Waals surface area (Å²) in [5, 5.41) is 0. The van der Waals surface area contributed by atoms with Gasteiger partial charge in [-0.15, -0.1) is 0 Å². The van der Waals surface area contributed by atoms with E-state index in [0.29, 0.717) is 12.2 Å². The summed E-state index contributed by atoms with van der Waals surface area (Å²) in [6.45, 7) is 4.27. The van der Waals surface area contributed by atoms with Crippen LogP contribution in [0.1, 0.15) is 43.7 Å².